The summed E-state index contributed by atoms with van der Waals surface area (Å²) in [6.45, 7) is 1.36. The number of benzene rings is 1. The topological polar surface area (TPSA) is 109 Å². The highest BCUT2D eigenvalue weighted by Crippen LogP contribution is 2.34. The Morgan fingerprint density at radius 3 is 2.71 bits per heavy atom. The molecule has 1 fully saturated rings. The number of hydrogen-bond donors (Lipinski definition) is 1. The van der Waals surface area contributed by atoms with Gasteiger partial charge in [0, 0.05) is 45.3 Å². The van der Waals surface area contributed by atoms with Gasteiger partial charge in [0.25, 0.3) is 17.2 Å². The standard InChI is InChI=1S/C22H21N5O4/c1-25-11-23-16-8-15(13-3-4-17-14(7-13)19(29)22(31)26(17)2)24-20(18(16)21(25)30)27-6-5-12(9-27)10-28/h3-4,7-8,11-12,28H,5-6,9-10H2,1-2H3/t12-/m0/s1. The zero-order valence-electron chi connectivity index (χ0n) is 17.2. The largest absolute Gasteiger partial charge is 0.396 e. The van der Waals surface area contributed by atoms with Crippen molar-refractivity contribution in [2.24, 2.45) is 13.0 Å². The van der Waals surface area contributed by atoms with E-state index in [-0.39, 0.29) is 18.1 Å². The summed E-state index contributed by atoms with van der Waals surface area (Å²) in [6.07, 6.45) is 2.28. The maximum Gasteiger partial charge on any atom is 0.299 e. The van der Waals surface area contributed by atoms with E-state index in [0.717, 1.165) is 6.42 Å². The normalized spacial score (nSPS) is 18.4. The molecule has 1 saturated heterocycles. The zero-order valence-corrected chi connectivity index (χ0v) is 17.2. The molecule has 1 atom stereocenters. The minimum absolute atomic E-state index is 0.0822. The van der Waals surface area contributed by atoms with Crippen LogP contribution in [0, 0.1) is 5.92 Å². The first kappa shape index (κ1) is 19.4. The Balaban J connectivity index is 1.70. The van der Waals surface area contributed by atoms with E-state index in [1.807, 2.05) is 4.90 Å². The van der Waals surface area contributed by atoms with E-state index < -0.39 is 11.7 Å². The summed E-state index contributed by atoms with van der Waals surface area (Å²) in [4.78, 5) is 49.8. The average Bonchev–Trinajstić information content (AvgIpc) is 3.35. The summed E-state index contributed by atoms with van der Waals surface area (Å²) < 4.78 is 1.42. The van der Waals surface area contributed by atoms with Crippen LogP contribution < -0.4 is 15.4 Å². The smallest absolute Gasteiger partial charge is 0.299 e. The molecule has 0 saturated carbocycles. The highest BCUT2D eigenvalue weighted by Gasteiger charge is 2.33. The van der Waals surface area contributed by atoms with Crippen molar-refractivity contribution in [1.82, 2.24) is 14.5 Å². The van der Waals surface area contributed by atoms with Crippen LogP contribution in [-0.4, -0.2) is 58.1 Å². The number of fused-ring (bicyclic) bond motifs is 2. The van der Waals surface area contributed by atoms with Gasteiger partial charge < -0.3 is 19.5 Å². The molecule has 4 heterocycles. The zero-order chi connectivity index (χ0) is 21.9. The van der Waals surface area contributed by atoms with Crippen molar-refractivity contribution in [2.45, 2.75) is 6.42 Å². The van der Waals surface area contributed by atoms with Gasteiger partial charge in [0.2, 0.25) is 0 Å². The number of rotatable bonds is 3. The number of Topliss-reactive ketones (excluding diaryl/α,β-unsaturated/α-hetero) is 1. The van der Waals surface area contributed by atoms with Crippen molar-refractivity contribution in [1.29, 1.82) is 0 Å². The Bertz CT molecular complexity index is 1320. The van der Waals surface area contributed by atoms with Crippen molar-refractivity contribution in [3.05, 3.63) is 46.5 Å². The van der Waals surface area contributed by atoms with Crippen molar-refractivity contribution in [2.75, 3.05) is 36.5 Å². The summed E-state index contributed by atoms with van der Waals surface area (Å²) >= 11 is 0. The van der Waals surface area contributed by atoms with Gasteiger partial charge in [-0.3, -0.25) is 14.4 Å². The number of aliphatic hydroxyl groups excluding tert-OH is 1. The van der Waals surface area contributed by atoms with Crippen LogP contribution in [0.15, 0.2) is 35.4 Å². The lowest BCUT2D eigenvalue weighted by molar-refractivity contribution is -0.114. The number of hydrogen-bond acceptors (Lipinski definition) is 7. The van der Waals surface area contributed by atoms with Gasteiger partial charge in [-0.2, -0.15) is 0 Å². The quantitative estimate of drug-likeness (QED) is 0.630. The number of nitrogens with zero attached hydrogens (tertiary/aromatic N) is 5. The predicted octanol–water partition coefficient (Wildman–Crippen LogP) is 0.973. The second-order valence-corrected chi connectivity index (χ2v) is 8.09. The van der Waals surface area contributed by atoms with Gasteiger partial charge in [0.1, 0.15) is 11.2 Å². The van der Waals surface area contributed by atoms with Crippen LogP contribution in [0.2, 0.25) is 0 Å². The lowest BCUT2D eigenvalue weighted by Gasteiger charge is -2.20. The van der Waals surface area contributed by atoms with Crippen LogP contribution in [0.25, 0.3) is 22.2 Å². The number of anilines is 2. The third-order valence-corrected chi connectivity index (χ3v) is 6.12. The van der Waals surface area contributed by atoms with E-state index in [0.29, 0.717) is 52.3 Å². The minimum atomic E-state index is -0.559. The third-order valence-electron chi connectivity index (χ3n) is 6.12. The van der Waals surface area contributed by atoms with E-state index in [4.69, 9.17) is 4.98 Å². The number of ketones is 1. The van der Waals surface area contributed by atoms with Gasteiger partial charge in [0.05, 0.1) is 28.8 Å². The fourth-order valence-electron chi connectivity index (χ4n) is 4.30. The van der Waals surface area contributed by atoms with E-state index in [1.165, 1.54) is 15.8 Å². The first-order chi connectivity index (χ1) is 14.9. The van der Waals surface area contributed by atoms with E-state index in [9.17, 15) is 19.5 Å². The average molecular weight is 419 g/mol. The molecule has 0 aliphatic carbocycles. The number of aryl methyl sites for hydroxylation is 1. The van der Waals surface area contributed by atoms with Crippen molar-refractivity contribution in [3.8, 4) is 11.3 Å². The molecule has 2 aliphatic rings. The third kappa shape index (κ3) is 2.92. The Morgan fingerprint density at radius 1 is 1.16 bits per heavy atom. The molecule has 1 amide bonds. The molecule has 9 heteroatoms. The number of likely N-dealkylation sites (N-methyl/N-ethyl adjacent to an activating group) is 1. The Hall–Kier alpha value is -3.59. The molecule has 31 heavy (non-hydrogen) atoms. The molecule has 0 radical (unpaired) electrons. The van der Waals surface area contributed by atoms with Crippen molar-refractivity contribution in [3.63, 3.8) is 0 Å². The number of aliphatic hydroxyl groups is 1. The summed E-state index contributed by atoms with van der Waals surface area (Å²) in [6, 6.07) is 6.93. The number of carbonyl (C=O) groups is 2. The first-order valence-corrected chi connectivity index (χ1v) is 10.1. The van der Waals surface area contributed by atoms with E-state index in [2.05, 4.69) is 4.98 Å². The van der Waals surface area contributed by atoms with E-state index in [1.54, 1.807) is 38.4 Å². The van der Waals surface area contributed by atoms with Crippen LogP contribution in [-0.2, 0) is 11.8 Å². The molecule has 0 bridgehead atoms. The molecule has 1 aromatic carbocycles. The van der Waals surface area contributed by atoms with Gasteiger partial charge in [-0.25, -0.2) is 9.97 Å². The fourth-order valence-corrected chi connectivity index (χ4v) is 4.30. The number of carbonyl (C=O) groups excluding carboxylic acids is 2. The Morgan fingerprint density at radius 2 is 1.97 bits per heavy atom. The molecule has 158 valence electrons. The number of aromatic nitrogens is 3. The highest BCUT2D eigenvalue weighted by atomic mass is 16.3. The molecule has 3 aromatic rings. The monoisotopic (exact) mass is 419 g/mol. The van der Waals surface area contributed by atoms with Crippen LogP contribution in [0.5, 0.6) is 0 Å². The highest BCUT2D eigenvalue weighted by molar-refractivity contribution is 6.52. The number of pyridine rings is 1. The van der Waals surface area contributed by atoms with Crippen LogP contribution in [0.3, 0.4) is 0 Å². The van der Waals surface area contributed by atoms with Gasteiger partial charge >= 0.3 is 0 Å². The molecular formula is C22H21N5O4. The van der Waals surface area contributed by atoms with Gasteiger partial charge in [-0.15, -0.1) is 0 Å². The molecular weight excluding hydrogens is 398 g/mol. The SMILES string of the molecule is CN1C(=O)C(=O)c2cc(-c3cc4ncn(C)c(=O)c4c(N4CC[C@H](CO)C4)n3)ccc21. The molecule has 2 aliphatic heterocycles. The van der Waals surface area contributed by atoms with Crippen LogP contribution >= 0.6 is 0 Å². The van der Waals surface area contributed by atoms with Gasteiger partial charge in [0.15, 0.2) is 0 Å². The maximum atomic E-state index is 12.9. The van der Waals surface area contributed by atoms with Gasteiger partial charge in [-0.05, 0) is 24.6 Å². The molecule has 2 aromatic heterocycles. The van der Waals surface area contributed by atoms with Gasteiger partial charge in [-0.1, -0.05) is 6.07 Å². The summed E-state index contributed by atoms with van der Waals surface area (Å²) in [5, 5.41) is 9.97. The summed E-state index contributed by atoms with van der Waals surface area (Å²) in [7, 11) is 3.22. The minimum Gasteiger partial charge on any atom is -0.396 e. The number of amides is 1. The van der Waals surface area contributed by atoms with Crippen molar-refractivity contribution >= 4 is 34.1 Å². The molecule has 1 N–H and O–H groups in total. The first-order valence-electron chi connectivity index (χ1n) is 10.1. The molecule has 5 rings (SSSR count). The fraction of sp³-hybridized carbons (Fsp3) is 0.318. The lowest BCUT2D eigenvalue weighted by atomic mass is 10.0. The second kappa shape index (κ2) is 6.98. The Labute approximate surface area is 177 Å². The predicted molar refractivity (Wildman–Crippen MR) is 115 cm³/mol. The van der Waals surface area contributed by atoms with Crippen molar-refractivity contribution < 1.29 is 14.7 Å². The maximum absolute atomic E-state index is 12.9. The van der Waals surface area contributed by atoms with E-state index >= 15 is 0 Å². The summed E-state index contributed by atoms with van der Waals surface area (Å²) in [5.41, 5.74) is 2.45. The summed E-state index contributed by atoms with van der Waals surface area (Å²) in [5.74, 6) is -0.452. The van der Waals surface area contributed by atoms with Crippen LogP contribution in [0.4, 0.5) is 11.5 Å². The lowest BCUT2D eigenvalue weighted by Crippen LogP contribution is -2.26. The van der Waals surface area contributed by atoms with Crippen LogP contribution in [0.1, 0.15) is 16.8 Å². The molecule has 0 spiro atoms. The molecule has 0 unspecified atom stereocenters. The Kier molecular flexibility index (Phi) is 4.37. The second-order valence-electron chi connectivity index (χ2n) is 8.09. The molecule has 9 nitrogen and oxygen atoms in total.